The third kappa shape index (κ3) is 1.62. The predicted molar refractivity (Wildman–Crippen MR) is 49.7 cm³/mol. The summed E-state index contributed by atoms with van der Waals surface area (Å²) < 4.78 is 0. The molecule has 1 aliphatic heterocycles. The van der Waals surface area contributed by atoms with E-state index in [4.69, 9.17) is 0 Å². The molecule has 0 aromatic carbocycles. The number of nitrogens with one attached hydrogen (secondary N) is 1. The van der Waals surface area contributed by atoms with Gasteiger partial charge in [-0.1, -0.05) is 27.7 Å². The third-order valence-corrected chi connectivity index (χ3v) is 2.85. The molecular formula is C10H19NO. The Bertz CT molecular complexity index is 175. The Morgan fingerprint density at radius 3 is 2.17 bits per heavy atom. The van der Waals surface area contributed by atoms with Crippen molar-refractivity contribution in [3.8, 4) is 0 Å². The zero-order valence-corrected chi connectivity index (χ0v) is 8.42. The van der Waals surface area contributed by atoms with Gasteiger partial charge in [-0.15, -0.1) is 0 Å². The summed E-state index contributed by atoms with van der Waals surface area (Å²) in [5, 5.41) is 2.94. The Labute approximate surface area is 74.7 Å². The maximum Gasteiger partial charge on any atom is 0.223 e. The van der Waals surface area contributed by atoms with Gasteiger partial charge >= 0.3 is 0 Å². The van der Waals surface area contributed by atoms with Gasteiger partial charge in [-0.3, -0.25) is 4.79 Å². The van der Waals surface area contributed by atoms with E-state index in [1.54, 1.807) is 0 Å². The molecule has 70 valence electrons. The molecule has 2 atom stereocenters. The zero-order chi connectivity index (χ0) is 9.30. The molecule has 1 amide bonds. The van der Waals surface area contributed by atoms with E-state index in [1.165, 1.54) is 0 Å². The quantitative estimate of drug-likeness (QED) is 0.669. The van der Waals surface area contributed by atoms with Crippen molar-refractivity contribution in [3.63, 3.8) is 0 Å². The van der Waals surface area contributed by atoms with Crippen LogP contribution in [0.25, 0.3) is 0 Å². The largest absolute Gasteiger partial charge is 0.356 e. The monoisotopic (exact) mass is 169 g/mol. The van der Waals surface area contributed by atoms with Crippen LogP contribution >= 0.6 is 0 Å². The second kappa shape index (κ2) is 3.46. The van der Waals surface area contributed by atoms with Crippen LogP contribution in [0.4, 0.5) is 0 Å². The molecule has 12 heavy (non-hydrogen) atoms. The lowest BCUT2D eigenvalue weighted by molar-refractivity contribution is -0.124. The van der Waals surface area contributed by atoms with E-state index in [1.807, 2.05) is 0 Å². The van der Waals surface area contributed by atoms with E-state index >= 15 is 0 Å². The SMILES string of the molecule is CC(C)[C@H]1CNC(=O)[C@@H]1C(C)C. The zero-order valence-electron chi connectivity index (χ0n) is 8.42. The standard InChI is InChI=1S/C10H19NO/c1-6(2)8-5-11-10(12)9(8)7(3)4/h6-9H,5H2,1-4H3,(H,11,12)/t8-,9-/m1/s1. The van der Waals surface area contributed by atoms with Crippen molar-refractivity contribution in [1.29, 1.82) is 0 Å². The van der Waals surface area contributed by atoms with Gasteiger partial charge in [-0.25, -0.2) is 0 Å². The van der Waals surface area contributed by atoms with Crippen LogP contribution in [0.3, 0.4) is 0 Å². The fraction of sp³-hybridized carbons (Fsp3) is 0.900. The molecule has 2 heteroatoms. The summed E-state index contributed by atoms with van der Waals surface area (Å²) in [4.78, 5) is 11.4. The van der Waals surface area contributed by atoms with Crippen molar-refractivity contribution in [2.24, 2.45) is 23.7 Å². The van der Waals surface area contributed by atoms with Gasteiger partial charge in [-0.2, -0.15) is 0 Å². The summed E-state index contributed by atoms with van der Waals surface area (Å²) in [5.41, 5.74) is 0. The number of carbonyl (C=O) groups is 1. The lowest BCUT2D eigenvalue weighted by atomic mass is 9.79. The van der Waals surface area contributed by atoms with Crippen molar-refractivity contribution in [2.75, 3.05) is 6.54 Å². The minimum absolute atomic E-state index is 0.241. The second-order valence-corrected chi connectivity index (χ2v) is 4.42. The molecule has 0 aromatic rings. The summed E-state index contributed by atoms with van der Waals surface area (Å²) >= 11 is 0. The summed E-state index contributed by atoms with van der Waals surface area (Å²) in [7, 11) is 0. The fourth-order valence-corrected chi connectivity index (χ4v) is 2.11. The van der Waals surface area contributed by atoms with Crippen LogP contribution in [-0.2, 0) is 4.79 Å². The van der Waals surface area contributed by atoms with Gasteiger partial charge in [0.05, 0.1) is 0 Å². The van der Waals surface area contributed by atoms with E-state index in [0.717, 1.165) is 6.54 Å². The second-order valence-electron chi connectivity index (χ2n) is 4.42. The minimum atomic E-state index is 0.241. The Hall–Kier alpha value is -0.530. The Kier molecular flexibility index (Phi) is 2.76. The van der Waals surface area contributed by atoms with Crippen LogP contribution in [0.15, 0.2) is 0 Å². The highest BCUT2D eigenvalue weighted by Crippen LogP contribution is 2.30. The van der Waals surface area contributed by atoms with Gasteiger partial charge in [0.15, 0.2) is 0 Å². The summed E-state index contributed by atoms with van der Waals surface area (Å²) in [6.45, 7) is 9.52. The van der Waals surface area contributed by atoms with Gasteiger partial charge < -0.3 is 5.32 Å². The molecule has 0 unspecified atom stereocenters. The van der Waals surface area contributed by atoms with Crippen LogP contribution in [0.5, 0.6) is 0 Å². The predicted octanol–water partition coefficient (Wildman–Crippen LogP) is 1.66. The summed E-state index contributed by atoms with van der Waals surface area (Å²) in [6, 6.07) is 0. The maximum atomic E-state index is 11.4. The highest BCUT2D eigenvalue weighted by Gasteiger charge is 2.37. The first-order valence-corrected chi connectivity index (χ1v) is 4.81. The number of rotatable bonds is 2. The molecule has 0 spiro atoms. The van der Waals surface area contributed by atoms with Crippen molar-refractivity contribution < 1.29 is 4.79 Å². The van der Waals surface area contributed by atoms with Crippen molar-refractivity contribution in [1.82, 2.24) is 5.32 Å². The lowest BCUT2D eigenvalue weighted by Gasteiger charge is -2.22. The van der Waals surface area contributed by atoms with Crippen LogP contribution in [0, 0.1) is 23.7 Å². The van der Waals surface area contributed by atoms with Crippen molar-refractivity contribution in [3.05, 3.63) is 0 Å². The van der Waals surface area contributed by atoms with Crippen molar-refractivity contribution >= 4 is 5.91 Å². The van der Waals surface area contributed by atoms with E-state index < -0.39 is 0 Å². The summed E-state index contributed by atoms with van der Waals surface area (Å²) in [5.74, 6) is 2.11. The average Bonchev–Trinajstić information content (AvgIpc) is 2.30. The normalized spacial score (nSPS) is 30.0. The number of hydrogen-bond acceptors (Lipinski definition) is 1. The van der Waals surface area contributed by atoms with E-state index in [0.29, 0.717) is 17.8 Å². The lowest BCUT2D eigenvalue weighted by Crippen LogP contribution is -2.26. The van der Waals surface area contributed by atoms with Crippen LogP contribution in [0.2, 0.25) is 0 Å². The maximum absolute atomic E-state index is 11.4. The number of hydrogen-bond donors (Lipinski definition) is 1. The highest BCUT2D eigenvalue weighted by atomic mass is 16.2. The van der Waals surface area contributed by atoms with Crippen LogP contribution < -0.4 is 5.32 Å². The Morgan fingerprint density at radius 1 is 1.25 bits per heavy atom. The van der Waals surface area contributed by atoms with E-state index in [2.05, 4.69) is 33.0 Å². The van der Waals surface area contributed by atoms with Crippen LogP contribution in [-0.4, -0.2) is 12.5 Å². The number of amides is 1. The minimum Gasteiger partial charge on any atom is -0.356 e. The fourth-order valence-electron chi connectivity index (χ4n) is 2.11. The number of carbonyl (C=O) groups excluding carboxylic acids is 1. The molecule has 1 aliphatic rings. The molecular weight excluding hydrogens is 150 g/mol. The molecule has 0 radical (unpaired) electrons. The van der Waals surface area contributed by atoms with Gasteiger partial charge in [-0.05, 0) is 17.8 Å². The average molecular weight is 169 g/mol. The van der Waals surface area contributed by atoms with Crippen LogP contribution in [0.1, 0.15) is 27.7 Å². The molecule has 1 saturated heterocycles. The molecule has 0 aromatic heterocycles. The molecule has 1 rings (SSSR count). The topological polar surface area (TPSA) is 29.1 Å². The van der Waals surface area contributed by atoms with Gasteiger partial charge in [0.25, 0.3) is 0 Å². The van der Waals surface area contributed by atoms with Gasteiger partial charge in [0.2, 0.25) is 5.91 Å². The molecule has 2 nitrogen and oxygen atoms in total. The molecule has 1 heterocycles. The molecule has 1 N–H and O–H groups in total. The molecule has 0 bridgehead atoms. The smallest absolute Gasteiger partial charge is 0.223 e. The first kappa shape index (κ1) is 9.56. The Balaban J connectivity index is 2.70. The van der Waals surface area contributed by atoms with Crippen molar-refractivity contribution in [2.45, 2.75) is 27.7 Å². The first-order valence-electron chi connectivity index (χ1n) is 4.81. The third-order valence-electron chi connectivity index (χ3n) is 2.85. The van der Waals surface area contributed by atoms with E-state index in [9.17, 15) is 4.79 Å². The molecule has 0 saturated carbocycles. The molecule has 1 fully saturated rings. The summed E-state index contributed by atoms with van der Waals surface area (Å²) in [6.07, 6.45) is 0. The van der Waals surface area contributed by atoms with E-state index in [-0.39, 0.29) is 11.8 Å². The highest BCUT2D eigenvalue weighted by molar-refractivity contribution is 5.81. The molecule has 0 aliphatic carbocycles. The van der Waals surface area contributed by atoms with Gasteiger partial charge in [0, 0.05) is 12.5 Å². The van der Waals surface area contributed by atoms with Gasteiger partial charge in [0.1, 0.15) is 0 Å². The first-order chi connectivity index (χ1) is 5.54. The Morgan fingerprint density at radius 2 is 1.83 bits per heavy atom.